The zero-order chi connectivity index (χ0) is 15.2. The van der Waals surface area contributed by atoms with Gasteiger partial charge in [0.15, 0.2) is 6.10 Å². The smallest absolute Gasteiger partial charge is 0.360 e. The van der Waals surface area contributed by atoms with Crippen LogP contribution in [-0.2, 0) is 4.74 Å². The molecule has 1 rings (SSSR count). The molecule has 0 bridgehead atoms. The number of hydrogen-bond acceptors (Lipinski definition) is 2. The second-order valence-electron chi connectivity index (χ2n) is 4.56. The molecule has 0 aromatic heterocycles. The third-order valence-corrected chi connectivity index (χ3v) is 2.83. The zero-order valence-corrected chi connectivity index (χ0v) is 11.5. The summed E-state index contributed by atoms with van der Waals surface area (Å²) in [6.07, 6.45) is -6.19. The Morgan fingerprint density at radius 3 is 2.30 bits per heavy atom. The molecule has 114 valence electrons. The molecule has 0 radical (unpaired) electrons. The largest absolute Gasteiger partial charge is 0.414 e. The molecule has 0 saturated heterocycles. The fourth-order valence-electron chi connectivity index (χ4n) is 1.66. The Morgan fingerprint density at radius 2 is 1.80 bits per heavy atom. The fourth-order valence-corrected chi connectivity index (χ4v) is 1.66. The molecule has 0 aliphatic rings. The molecule has 2 unspecified atom stereocenters. The Kier molecular flexibility index (Phi) is 6.42. The zero-order valence-electron chi connectivity index (χ0n) is 11.5. The van der Waals surface area contributed by atoms with Gasteiger partial charge in [-0.25, -0.2) is 4.39 Å². The molecule has 0 heterocycles. The van der Waals surface area contributed by atoms with Gasteiger partial charge in [-0.3, -0.25) is 0 Å². The van der Waals surface area contributed by atoms with Crippen LogP contribution < -0.4 is 5.32 Å². The monoisotopic (exact) mass is 293 g/mol. The van der Waals surface area contributed by atoms with Crippen LogP contribution in [0.2, 0.25) is 0 Å². The van der Waals surface area contributed by atoms with Crippen molar-refractivity contribution in [2.45, 2.75) is 38.7 Å². The first-order chi connectivity index (χ1) is 9.34. The first kappa shape index (κ1) is 16.9. The van der Waals surface area contributed by atoms with Crippen molar-refractivity contribution in [1.29, 1.82) is 0 Å². The van der Waals surface area contributed by atoms with Crippen molar-refractivity contribution >= 4 is 0 Å². The predicted molar refractivity (Wildman–Crippen MR) is 68.9 cm³/mol. The van der Waals surface area contributed by atoms with Gasteiger partial charge in [0.2, 0.25) is 0 Å². The molecule has 0 amide bonds. The van der Waals surface area contributed by atoms with E-state index in [1.54, 1.807) is 0 Å². The van der Waals surface area contributed by atoms with Crippen molar-refractivity contribution in [1.82, 2.24) is 5.32 Å². The van der Waals surface area contributed by atoms with E-state index in [9.17, 15) is 17.6 Å². The summed E-state index contributed by atoms with van der Waals surface area (Å²) >= 11 is 0. The quantitative estimate of drug-likeness (QED) is 0.609. The minimum Gasteiger partial charge on any atom is -0.360 e. The Morgan fingerprint density at radius 1 is 1.20 bits per heavy atom. The van der Waals surface area contributed by atoms with Gasteiger partial charge in [0.1, 0.15) is 5.82 Å². The van der Waals surface area contributed by atoms with E-state index in [-0.39, 0.29) is 6.54 Å². The minimum absolute atomic E-state index is 0.250. The number of ether oxygens (including phenoxy) is 1. The van der Waals surface area contributed by atoms with Crippen LogP contribution in [0, 0.1) is 5.82 Å². The van der Waals surface area contributed by atoms with E-state index in [0.29, 0.717) is 12.1 Å². The van der Waals surface area contributed by atoms with Gasteiger partial charge in [0.05, 0.1) is 6.10 Å². The fraction of sp³-hybridized carbons (Fsp3) is 0.571. The molecule has 0 saturated carbocycles. The van der Waals surface area contributed by atoms with E-state index in [4.69, 9.17) is 4.74 Å². The van der Waals surface area contributed by atoms with E-state index >= 15 is 0 Å². The van der Waals surface area contributed by atoms with Crippen LogP contribution in [0.5, 0.6) is 0 Å². The Balaban J connectivity index is 2.76. The van der Waals surface area contributed by atoms with Crippen molar-refractivity contribution in [3.05, 3.63) is 35.6 Å². The Labute approximate surface area is 116 Å². The second-order valence-corrected chi connectivity index (χ2v) is 4.56. The van der Waals surface area contributed by atoms with Crippen molar-refractivity contribution in [2.24, 2.45) is 0 Å². The summed E-state index contributed by atoms with van der Waals surface area (Å²) in [5, 5.41) is 3.02. The molecule has 2 nitrogen and oxygen atoms in total. The lowest BCUT2D eigenvalue weighted by Crippen LogP contribution is -2.33. The number of hydrogen-bond donors (Lipinski definition) is 1. The highest BCUT2D eigenvalue weighted by Gasteiger charge is 2.38. The molecule has 0 aliphatic carbocycles. The second kappa shape index (κ2) is 7.59. The highest BCUT2D eigenvalue weighted by atomic mass is 19.4. The maximum atomic E-state index is 12.9. The average molecular weight is 293 g/mol. The van der Waals surface area contributed by atoms with Crippen LogP contribution in [0.4, 0.5) is 17.6 Å². The third-order valence-electron chi connectivity index (χ3n) is 2.83. The van der Waals surface area contributed by atoms with E-state index < -0.39 is 24.2 Å². The van der Waals surface area contributed by atoms with Crippen molar-refractivity contribution in [3.63, 3.8) is 0 Å². The standard InChI is InChI=1S/C14H19F4NO/c1-3-8-19-9-13(20-10(2)14(16,17)18)11-4-6-12(15)7-5-11/h4-7,10,13,19H,3,8-9H2,1-2H3. The number of rotatable bonds is 7. The van der Waals surface area contributed by atoms with E-state index in [1.807, 2.05) is 6.92 Å². The van der Waals surface area contributed by atoms with Gasteiger partial charge in [-0.15, -0.1) is 0 Å². The summed E-state index contributed by atoms with van der Waals surface area (Å²) in [6, 6.07) is 5.31. The first-order valence-corrected chi connectivity index (χ1v) is 6.53. The van der Waals surface area contributed by atoms with Crippen molar-refractivity contribution in [3.8, 4) is 0 Å². The number of benzene rings is 1. The Hall–Kier alpha value is -1.14. The lowest BCUT2D eigenvalue weighted by molar-refractivity contribution is -0.227. The molecule has 6 heteroatoms. The van der Waals surface area contributed by atoms with Crippen LogP contribution in [0.3, 0.4) is 0 Å². The molecule has 1 aromatic rings. The van der Waals surface area contributed by atoms with Crippen molar-refractivity contribution < 1.29 is 22.3 Å². The number of nitrogens with one attached hydrogen (secondary N) is 1. The summed E-state index contributed by atoms with van der Waals surface area (Å²) in [4.78, 5) is 0. The van der Waals surface area contributed by atoms with Crippen LogP contribution in [0.15, 0.2) is 24.3 Å². The lowest BCUT2D eigenvalue weighted by Gasteiger charge is -2.24. The maximum absolute atomic E-state index is 12.9. The predicted octanol–water partition coefficient (Wildman–Crippen LogP) is 3.83. The number of alkyl halides is 3. The summed E-state index contributed by atoms with van der Waals surface area (Å²) in [5.41, 5.74) is 0.520. The maximum Gasteiger partial charge on any atom is 0.414 e. The number of halogens is 4. The summed E-state index contributed by atoms with van der Waals surface area (Å²) < 4.78 is 55.7. The summed E-state index contributed by atoms with van der Waals surface area (Å²) in [6.45, 7) is 3.86. The molecule has 0 fully saturated rings. The van der Waals surface area contributed by atoms with Crippen LogP contribution in [-0.4, -0.2) is 25.4 Å². The average Bonchev–Trinajstić information content (AvgIpc) is 2.37. The highest BCUT2D eigenvalue weighted by Crippen LogP contribution is 2.28. The molecule has 2 atom stereocenters. The van der Waals surface area contributed by atoms with Gasteiger partial charge in [-0.2, -0.15) is 13.2 Å². The van der Waals surface area contributed by atoms with E-state index in [0.717, 1.165) is 13.3 Å². The summed E-state index contributed by atoms with van der Waals surface area (Å²) in [5.74, 6) is -0.433. The molecule has 0 aliphatic heterocycles. The molecule has 1 aromatic carbocycles. The lowest BCUT2D eigenvalue weighted by atomic mass is 10.1. The van der Waals surface area contributed by atoms with Gasteiger partial charge in [0.25, 0.3) is 0 Å². The normalized spacial score (nSPS) is 15.1. The minimum atomic E-state index is -4.41. The van der Waals surface area contributed by atoms with Crippen LogP contribution >= 0.6 is 0 Å². The van der Waals surface area contributed by atoms with Crippen LogP contribution in [0.25, 0.3) is 0 Å². The Bertz CT molecular complexity index is 391. The molecular weight excluding hydrogens is 274 g/mol. The molecule has 0 spiro atoms. The van der Waals surface area contributed by atoms with Gasteiger partial charge in [0, 0.05) is 6.54 Å². The highest BCUT2D eigenvalue weighted by molar-refractivity contribution is 5.19. The first-order valence-electron chi connectivity index (χ1n) is 6.53. The van der Waals surface area contributed by atoms with Gasteiger partial charge in [-0.05, 0) is 37.6 Å². The van der Waals surface area contributed by atoms with E-state index in [2.05, 4.69) is 5.32 Å². The molecule has 20 heavy (non-hydrogen) atoms. The SMILES string of the molecule is CCCNCC(OC(C)C(F)(F)F)c1ccc(F)cc1. The third kappa shape index (κ3) is 5.46. The molecule has 1 N–H and O–H groups in total. The molecular formula is C14H19F4NO. The van der Waals surface area contributed by atoms with E-state index in [1.165, 1.54) is 24.3 Å². The van der Waals surface area contributed by atoms with Gasteiger partial charge < -0.3 is 10.1 Å². The summed E-state index contributed by atoms with van der Waals surface area (Å²) in [7, 11) is 0. The van der Waals surface area contributed by atoms with Gasteiger partial charge >= 0.3 is 6.18 Å². The van der Waals surface area contributed by atoms with Crippen LogP contribution in [0.1, 0.15) is 31.9 Å². The topological polar surface area (TPSA) is 21.3 Å². The van der Waals surface area contributed by atoms with Gasteiger partial charge in [-0.1, -0.05) is 19.1 Å². The van der Waals surface area contributed by atoms with Crippen molar-refractivity contribution in [2.75, 3.05) is 13.1 Å².